The maximum Gasteiger partial charge on any atom is 0.329 e. The molecule has 0 bridgehead atoms. The monoisotopic (exact) mass is 593 g/mol. The fraction of sp³-hybridized carbons (Fsp3) is 0.424. The highest BCUT2D eigenvalue weighted by atomic mass is 35.5. The van der Waals surface area contributed by atoms with Crippen molar-refractivity contribution in [2.24, 2.45) is 0 Å². The number of hydrogen-bond donors (Lipinski definition) is 3. The van der Waals surface area contributed by atoms with Gasteiger partial charge in [-0.25, -0.2) is 9.78 Å². The Bertz CT molecular complexity index is 1420. The molecule has 1 aliphatic carbocycles. The number of aromatic nitrogens is 1. The summed E-state index contributed by atoms with van der Waals surface area (Å²) in [5, 5.41) is 23.2. The molecule has 0 aliphatic heterocycles. The smallest absolute Gasteiger partial charge is 0.329 e. The molecule has 224 valence electrons. The summed E-state index contributed by atoms with van der Waals surface area (Å²) in [7, 11) is 4.02. The van der Waals surface area contributed by atoms with Crippen LogP contribution in [0.1, 0.15) is 67.9 Å². The van der Waals surface area contributed by atoms with Crippen LogP contribution in [0.15, 0.2) is 54.6 Å². The van der Waals surface area contributed by atoms with Crippen LogP contribution in [0.4, 0.5) is 0 Å². The molecule has 0 unspecified atom stereocenters. The van der Waals surface area contributed by atoms with Gasteiger partial charge in [0, 0.05) is 17.7 Å². The molecule has 1 amide bonds. The van der Waals surface area contributed by atoms with Crippen LogP contribution in [0.25, 0.3) is 22.4 Å². The van der Waals surface area contributed by atoms with Crippen molar-refractivity contribution in [1.82, 2.24) is 15.2 Å². The van der Waals surface area contributed by atoms with E-state index in [9.17, 15) is 19.8 Å². The fourth-order valence-electron chi connectivity index (χ4n) is 5.36. The standard InChI is InChI=1S/C33H40ClN3O5/c1-21(2)24-8-5-6-9-25(24)26-11-13-28(31(39)36-33(32(40)41)16-14-23(38)15-17-33)35-30(26)22-10-12-27(34)29(20-22)42-19-7-18-37(3)4/h5-6,8-13,20-21,23,38H,7,14-19H2,1-4H3,(H,36,39)(H,40,41). The van der Waals surface area contributed by atoms with Crippen LogP contribution in [-0.2, 0) is 4.79 Å². The molecule has 9 heteroatoms. The highest BCUT2D eigenvalue weighted by Gasteiger charge is 2.43. The molecule has 0 atom stereocenters. The highest BCUT2D eigenvalue weighted by Crippen LogP contribution is 2.38. The van der Waals surface area contributed by atoms with Crippen molar-refractivity contribution in [2.75, 3.05) is 27.2 Å². The first kappa shape index (κ1) is 31.5. The molecular formula is C33H40ClN3O5. The minimum atomic E-state index is -1.45. The third-order valence-electron chi connectivity index (χ3n) is 7.78. The first-order valence-corrected chi connectivity index (χ1v) is 14.8. The van der Waals surface area contributed by atoms with Crippen LogP contribution in [0, 0.1) is 0 Å². The Balaban J connectivity index is 1.76. The van der Waals surface area contributed by atoms with E-state index < -0.39 is 23.5 Å². The second-order valence-corrected chi connectivity index (χ2v) is 12.0. The van der Waals surface area contributed by atoms with Gasteiger partial charge in [0.15, 0.2) is 0 Å². The van der Waals surface area contributed by atoms with Gasteiger partial charge in [0.2, 0.25) is 0 Å². The van der Waals surface area contributed by atoms with Crippen LogP contribution in [-0.4, -0.2) is 70.9 Å². The number of benzene rings is 2. The lowest BCUT2D eigenvalue weighted by molar-refractivity contribution is -0.146. The van der Waals surface area contributed by atoms with E-state index in [0.717, 1.165) is 35.2 Å². The second kappa shape index (κ2) is 13.7. The van der Waals surface area contributed by atoms with Crippen molar-refractivity contribution in [3.8, 4) is 28.1 Å². The lowest BCUT2D eigenvalue weighted by atomic mass is 9.80. The minimum absolute atomic E-state index is 0.103. The van der Waals surface area contributed by atoms with E-state index in [4.69, 9.17) is 21.3 Å². The van der Waals surface area contributed by atoms with Crippen LogP contribution in [0.2, 0.25) is 5.02 Å². The van der Waals surface area contributed by atoms with Gasteiger partial charge in [-0.1, -0.05) is 55.8 Å². The molecule has 1 saturated carbocycles. The number of pyridine rings is 1. The topological polar surface area (TPSA) is 112 Å². The van der Waals surface area contributed by atoms with Crippen molar-refractivity contribution in [2.45, 2.75) is 63.5 Å². The van der Waals surface area contributed by atoms with Crippen LogP contribution in [0.5, 0.6) is 5.75 Å². The third kappa shape index (κ3) is 7.30. The highest BCUT2D eigenvalue weighted by molar-refractivity contribution is 6.32. The van der Waals surface area contributed by atoms with E-state index in [1.54, 1.807) is 12.1 Å². The zero-order valence-corrected chi connectivity index (χ0v) is 25.4. The Hall–Kier alpha value is -3.46. The summed E-state index contributed by atoms with van der Waals surface area (Å²) in [6.07, 6.45) is 1.16. The number of ether oxygens (including phenoxy) is 1. The van der Waals surface area contributed by atoms with E-state index >= 15 is 0 Å². The van der Waals surface area contributed by atoms with Crippen molar-refractivity contribution in [3.63, 3.8) is 0 Å². The molecule has 4 rings (SSSR count). The maximum absolute atomic E-state index is 13.5. The number of aliphatic hydroxyl groups excluding tert-OH is 1. The Morgan fingerprint density at radius 2 is 1.81 bits per heavy atom. The maximum atomic E-state index is 13.5. The number of hydrogen-bond acceptors (Lipinski definition) is 6. The van der Waals surface area contributed by atoms with Gasteiger partial charge in [0.25, 0.3) is 5.91 Å². The number of carbonyl (C=O) groups excluding carboxylic acids is 1. The molecule has 3 N–H and O–H groups in total. The molecular weight excluding hydrogens is 554 g/mol. The average molecular weight is 594 g/mol. The summed E-state index contributed by atoms with van der Waals surface area (Å²) in [5.74, 6) is -0.916. The van der Waals surface area contributed by atoms with Crippen molar-refractivity contribution in [1.29, 1.82) is 0 Å². The lowest BCUT2D eigenvalue weighted by Crippen LogP contribution is -2.57. The fourth-order valence-corrected chi connectivity index (χ4v) is 5.53. The van der Waals surface area contributed by atoms with Gasteiger partial charge in [-0.2, -0.15) is 0 Å². The minimum Gasteiger partial charge on any atom is -0.492 e. The molecule has 2 aromatic carbocycles. The van der Waals surface area contributed by atoms with Gasteiger partial charge < -0.3 is 25.2 Å². The third-order valence-corrected chi connectivity index (χ3v) is 8.10. The zero-order valence-electron chi connectivity index (χ0n) is 24.7. The van der Waals surface area contributed by atoms with Crippen molar-refractivity contribution < 1.29 is 24.5 Å². The number of carboxylic acid groups (broad SMARTS) is 1. The second-order valence-electron chi connectivity index (χ2n) is 11.6. The van der Waals surface area contributed by atoms with Gasteiger partial charge in [0.1, 0.15) is 17.0 Å². The normalized spacial score (nSPS) is 18.7. The summed E-state index contributed by atoms with van der Waals surface area (Å²) < 4.78 is 6.03. The van der Waals surface area contributed by atoms with E-state index in [1.165, 1.54) is 0 Å². The van der Waals surface area contributed by atoms with Gasteiger partial charge in [-0.3, -0.25) is 4.79 Å². The molecule has 0 saturated heterocycles. The molecule has 0 radical (unpaired) electrons. The van der Waals surface area contributed by atoms with Gasteiger partial charge in [-0.15, -0.1) is 0 Å². The van der Waals surface area contributed by atoms with E-state index in [0.29, 0.717) is 35.9 Å². The number of amides is 1. The Kier molecular flexibility index (Phi) is 10.2. The molecule has 0 spiro atoms. The van der Waals surface area contributed by atoms with Crippen molar-refractivity contribution in [3.05, 3.63) is 70.9 Å². The Morgan fingerprint density at radius 1 is 1.10 bits per heavy atom. The van der Waals surface area contributed by atoms with Gasteiger partial charge in [0.05, 0.1) is 23.4 Å². The number of aliphatic hydroxyl groups is 1. The number of aliphatic carboxylic acids is 1. The van der Waals surface area contributed by atoms with Crippen LogP contribution >= 0.6 is 11.6 Å². The van der Waals surface area contributed by atoms with Crippen molar-refractivity contribution >= 4 is 23.5 Å². The van der Waals surface area contributed by atoms with E-state index in [2.05, 4.69) is 30.1 Å². The Labute approximate surface area is 252 Å². The van der Waals surface area contributed by atoms with Gasteiger partial charge in [-0.05, 0) is 87.5 Å². The number of nitrogens with zero attached hydrogens (tertiary/aromatic N) is 2. The molecule has 1 fully saturated rings. The lowest BCUT2D eigenvalue weighted by Gasteiger charge is -2.35. The number of halogens is 1. The average Bonchev–Trinajstić information content (AvgIpc) is 2.97. The molecule has 8 nitrogen and oxygen atoms in total. The number of nitrogens with one attached hydrogen (secondary N) is 1. The largest absolute Gasteiger partial charge is 0.492 e. The van der Waals surface area contributed by atoms with Gasteiger partial charge >= 0.3 is 5.97 Å². The predicted molar refractivity (Wildman–Crippen MR) is 165 cm³/mol. The zero-order chi connectivity index (χ0) is 30.4. The Morgan fingerprint density at radius 3 is 2.48 bits per heavy atom. The summed E-state index contributed by atoms with van der Waals surface area (Å²) in [6, 6.07) is 17.0. The molecule has 42 heavy (non-hydrogen) atoms. The molecule has 1 aliphatic rings. The summed E-state index contributed by atoms with van der Waals surface area (Å²) in [6.45, 7) is 5.62. The van der Waals surface area contributed by atoms with Crippen LogP contribution < -0.4 is 10.1 Å². The summed E-state index contributed by atoms with van der Waals surface area (Å²) >= 11 is 6.50. The molecule has 1 aromatic heterocycles. The molecule has 1 heterocycles. The SMILES string of the molecule is CC(C)c1ccccc1-c1ccc(C(=O)NC2(C(=O)O)CCC(O)CC2)nc1-c1ccc(Cl)c(OCCCN(C)C)c1. The molecule has 3 aromatic rings. The predicted octanol–water partition coefficient (Wildman–Crippen LogP) is 6.01. The van der Waals surface area contributed by atoms with Crippen LogP contribution in [0.3, 0.4) is 0 Å². The number of carbonyl (C=O) groups is 2. The van der Waals surface area contributed by atoms with E-state index in [1.807, 2.05) is 50.5 Å². The summed E-state index contributed by atoms with van der Waals surface area (Å²) in [5.41, 5.74) is 2.91. The van der Waals surface area contributed by atoms with E-state index in [-0.39, 0.29) is 24.5 Å². The summed E-state index contributed by atoms with van der Waals surface area (Å²) in [4.78, 5) is 32.7. The first-order valence-electron chi connectivity index (χ1n) is 14.4. The quantitative estimate of drug-likeness (QED) is 0.233. The first-order chi connectivity index (χ1) is 20.0. The number of carboxylic acids is 1. The number of rotatable bonds is 11.